The van der Waals surface area contributed by atoms with E-state index in [0.717, 1.165) is 25.9 Å². The maximum atomic E-state index is 11.8. The molecule has 0 radical (unpaired) electrons. The first-order chi connectivity index (χ1) is 7.77. The second kappa shape index (κ2) is 7.46. The maximum absolute atomic E-state index is 11.8. The minimum absolute atomic E-state index is 0.0122. The molecule has 1 aliphatic heterocycles. The van der Waals surface area contributed by atoms with Crippen LogP contribution in [0.3, 0.4) is 0 Å². The van der Waals surface area contributed by atoms with Crippen LogP contribution in [0.1, 0.15) is 26.2 Å². The van der Waals surface area contributed by atoms with E-state index < -0.39 is 0 Å². The number of nitrogens with zero attached hydrogens (tertiary/aromatic N) is 1. The van der Waals surface area contributed by atoms with Gasteiger partial charge in [0.15, 0.2) is 0 Å². The molecule has 1 heterocycles. The summed E-state index contributed by atoms with van der Waals surface area (Å²) in [5.41, 5.74) is 0. The third kappa shape index (κ3) is 4.37. The number of urea groups is 1. The van der Waals surface area contributed by atoms with E-state index in [0.29, 0.717) is 19.7 Å². The van der Waals surface area contributed by atoms with Crippen molar-refractivity contribution in [2.45, 2.75) is 32.2 Å². The number of aliphatic hydroxyl groups excluding tert-OH is 1. The van der Waals surface area contributed by atoms with E-state index in [1.54, 1.807) is 4.90 Å². The lowest BCUT2D eigenvalue weighted by Crippen LogP contribution is -2.46. The van der Waals surface area contributed by atoms with Gasteiger partial charge in [0.25, 0.3) is 0 Å². The maximum Gasteiger partial charge on any atom is 0.317 e. The Morgan fingerprint density at radius 2 is 2.38 bits per heavy atom. The van der Waals surface area contributed by atoms with Crippen LogP contribution in [-0.4, -0.2) is 55.0 Å². The largest absolute Gasteiger partial charge is 0.395 e. The van der Waals surface area contributed by atoms with Crippen LogP contribution in [0.4, 0.5) is 4.79 Å². The number of rotatable bonds is 6. The van der Waals surface area contributed by atoms with Crippen LogP contribution in [0.15, 0.2) is 0 Å². The Hall–Kier alpha value is -0.810. The van der Waals surface area contributed by atoms with E-state index in [-0.39, 0.29) is 18.7 Å². The summed E-state index contributed by atoms with van der Waals surface area (Å²) in [6.45, 7) is 4.53. The van der Waals surface area contributed by atoms with Crippen LogP contribution >= 0.6 is 0 Å². The van der Waals surface area contributed by atoms with Crippen LogP contribution < -0.4 is 5.32 Å². The molecular weight excluding hydrogens is 208 g/mol. The summed E-state index contributed by atoms with van der Waals surface area (Å²) in [4.78, 5) is 13.5. The first-order valence-electron chi connectivity index (χ1n) is 6.02. The molecule has 0 aromatic heterocycles. The van der Waals surface area contributed by atoms with Crippen LogP contribution in [0.2, 0.25) is 0 Å². The molecule has 0 aromatic carbocycles. The van der Waals surface area contributed by atoms with Crippen molar-refractivity contribution in [2.24, 2.45) is 0 Å². The number of nitrogens with one attached hydrogen (secondary N) is 1. The highest BCUT2D eigenvalue weighted by Crippen LogP contribution is 2.04. The van der Waals surface area contributed by atoms with E-state index in [2.05, 4.69) is 12.2 Å². The summed E-state index contributed by atoms with van der Waals surface area (Å²) in [6.07, 6.45) is 2.89. The van der Waals surface area contributed by atoms with E-state index >= 15 is 0 Å². The number of amides is 2. The fraction of sp³-hybridized carbons (Fsp3) is 0.909. The van der Waals surface area contributed by atoms with Crippen molar-refractivity contribution in [3.8, 4) is 0 Å². The SMILES string of the molecule is CCCCN(CCO)C(=O)NC1CCOC1. The molecule has 94 valence electrons. The van der Waals surface area contributed by atoms with Gasteiger partial charge in [0.1, 0.15) is 0 Å². The molecule has 5 nitrogen and oxygen atoms in total. The molecule has 1 aliphatic rings. The molecule has 1 saturated heterocycles. The van der Waals surface area contributed by atoms with Crippen molar-refractivity contribution < 1.29 is 14.6 Å². The minimum atomic E-state index is -0.0852. The zero-order valence-corrected chi connectivity index (χ0v) is 9.95. The van der Waals surface area contributed by atoms with E-state index in [9.17, 15) is 4.79 Å². The van der Waals surface area contributed by atoms with Gasteiger partial charge in [0.2, 0.25) is 0 Å². The summed E-state index contributed by atoms with van der Waals surface area (Å²) < 4.78 is 5.20. The van der Waals surface area contributed by atoms with Gasteiger partial charge in [-0.2, -0.15) is 0 Å². The number of carbonyl (C=O) groups is 1. The predicted molar refractivity (Wildman–Crippen MR) is 61.3 cm³/mol. The molecule has 1 fully saturated rings. The van der Waals surface area contributed by atoms with Crippen molar-refractivity contribution in [2.75, 3.05) is 32.9 Å². The minimum Gasteiger partial charge on any atom is -0.395 e. The van der Waals surface area contributed by atoms with Gasteiger partial charge in [-0.25, -0.2) is 4.79 Å². The van der Waals surface area contributed by atoms with Gasteiger partial charge < -0.3 is 20.1 Å². The highest BCUT2D eigenvalue weighted by Gasteiger charge is 2.20. The monoisotopic (exact) mass is 230 g/mol. The molecule has 1 rings (SSSR count). The molecule has 2 N–H and O–H groups in total. The summed E-state index contributed by atoms with van der Waals surface area (Å²) in [7, 11) is 0. The number of ether oxygens (including phenoxy) is 1. The van der Waals surface area contributed by atoms with Gasteiger partial charge in [-0.05, 0) is 12.8 Å². The lowest BCUT2D eigenvalue weighted by Gasteiger charge is -2.23. The van der Waals surface area contributed by atoms with Crippen molar-refractivity contribution >= 4 is 6.03 Å². The third-order valence-corrected chi connectivity index (χ3v) is 2.70. The van der Waals surface area contributed by atoms with Gasteiger partial charge in [-0.1, -0.05) is 13.3 Å². The fourth-order valence-electron chi connectivity index (χ4n) is 1.70. The molecule has 5 heteroatoms. The number of hydrogen-bond donors (Lipinski definition) is 2. The first kappa shape index (κ1) is 13.3. The average Bonchev–Trinajstić information content (AvgIpc) is 2.76. The Balaban J connectivity index is 2.32. The third-order valence-electron chi connectivity index (χ3n) is 2.70. The van der Waals surface area contributed by atoms with Crippen LogP contribution in [0.5, 0.6) is 0 Å². The smallest absolute Gasteiger partial charge is 0.317 e. The molecular formula is C11H22N2O3. The van der Waals surface area contributed by atoms with Gasteiger partial charge in [0, 0.05) is 19.7 Å². The van der Waals surface area contributed by atoms with Crippen molar-refractivity contribution in [1.82, 2.24) is 10.2 Å². The molecule has 1 unspecified atom stereocenters. The van der Waals surface area contributed by atoms with E-state index in [4.69, 9.17) is 9.84 Å². The Morgan fingerprint density at radius 1 is 1.56 bits per heavy atom. The standard InChI is InChI=1S/C11H22N2O3/c1-2-3-5-13(6-7-14)11(15)12-10-4-8-16-9-10/h10,14H,2-9H2,1H3,(H,12,15). The second-order valence-electron chi connectivity index (χ2n) is 4.07. The van der Waals surface area contributed by atoms with Crippen molar-refractivity contribution in [1.29, 1.82) is 0 Å². The summed E-state index contributed by atoms with van der Waals surface area (Å²) >= 11 is 0. The van der Waals surface area contributed by atoms with E-state index in [1.165, 1.54) is 0 Å². The molecule has 1 atom stereocenters. The molecule has 0 aliphatic carbocycles. The fourth-order valence-corrected chi connectivity index (χ4v) is 1.70. The first-order valence-corrected chi connectivity index (χ1v) is 6.02. The lowest BCUT2D eigenvalue weighted by atomic mass is 10.2. The molecule has 0 aromatic rings. The number of aliphatic hydroxyl groups is 1. The Morgan fingerprint density at radius 3 is 2.94 bits per heavy atom. The molecule has 0 bridgehead atoms. The normalized spacial score (nSPS) is 19.8. The zero-order chi connectivity index (χ0) is 11.8. The number of unbranched alkanes of at least 4 members (excludes halogenated alkanes) is 1. The second-order valence-corrected chi connectivity index (χ2v) is 4.07. The number of hydrogen-bond acceptors (Lipinski definition) is 3. The van der Waals surface area contributed by atoms with Gasteiger partial charge in [-0.15, -0.1) is 0 Å². The van der Waals surface area contributed by atoms with Crippen LogP contribution in [-0.2, 0) is 4.74 Å². The van der Waals surface area contributed by atoms with Crippen LogP contribution in [0, 0.1) is 0 Å². The molecule has 0 saturated carbocycles. The molecule has 2 amide bonds. The van der Waals surface area contributed by atoms with E-state index in [1.807, 2.05) is 0 Å². The Bertz CT molecular complexity index is 205. The average molecular weight is 230 g/mol. The molecule has 0 spiro atoms. The van der Waals surface area contributed by atoms with Crippen LogP contribution in [0.25, 0.3) is 0 Å². The zero-order valence-electron chi connectivity index (χ0n) is 9.95. The Kier molecular flexibility index (Phi) is 6.18. The summed E-state index contributed by atoms with van der Waals surface area (Å²) in [6, 6.07) is 0.0494. The van der Waals surface area contributed by atoms with Gasteiger partial charge >= 0.3 is 6.03 Å². The molecule has 16 heavy (non-hydrogen) atoms. The van der Waals surface area contributed by atoms with Gasteiger partial charge in [0.05, 0.1) is 19.3 Å². The van der Waals surface area contributed by atoms with Crippen molar-refractivity contribution in [3.63, 3.8) is 0 Å². The Labute approximate surface area is 96.8 Å². The predicted octanol–water partition coefficient (Wildman–Crippen LogP) is 0.579. The topological polar surface area (TPSA) is 61.8 Å². The highest BCUT2D eigenvalue weighted by atomic mass is 16.5. The van der Waals surface area contributed by atoms with Crippen molar-refractivity contribution in [3.05, 3.63) is 0 Å². The van der Waals surface area contributed by atoms with Gasteiger partial charge in [-0.3, -0.25) is 0 Å². The number of carbonyl (C=O) groups excluding carboxylic acids is 1. The lowest BCUT2D eigenvalue weighted by molar-refractivity contribution is 0.166. The quantitative estimate of drug-likeness (QED) is 0.701. The summed E-state index contributed by atoms with van der Waals surface area (Å²) in [5.74, 6) is 0. The highest BCUT2D eigenvalue weighted by molar-refractivity contribution is 5.74. The summed E-state index contributed by atoms with van der Waals surface area (Å²) in [5, 5.41) is 11.8.